The Balaban J connectivity index is 1.90. The number of benzene rings is 1. The van der Waals surface area contributed by atoms with E-state index in [9.17, 15) is 14.4 Å². The molecule has 2 heterocycles. The van der Waals surface area contributed by atoms with Gasteiger partial charge in [0.05, 0.1) is 5.69 Å². The van der Waals surface area contributed by atoms with E-state index in [-0.39, 0.29) is 12.5 Å². The Hall–Kier alpha value is -2.57. The van der Waals surface area contributed by atoms with Crippen molar-refractivity contribution in [3.8, 4) is 5.75 Å². The van der Waals surface area contributed by atoms with Gasteiger partial charge in [-0.15, -0.1) is 0 Å². The van der Waals surface area contributed by atoms with Crippen LogP contribution in [0.4, 0.5) is 5.69 Å². The molecule has 1 fully saturated rings. The van der Waals surface area contributed by atoms with E-state index < -0.39 is 18.4 Å². The SMILES string of the molecule is O=C(O)CN1C(=O)COc2ccc(C(=O)N3CCCCC3)cc21. The van der Waals surface area contributed by atoms with E-state index in [1.807, 2.05) is 0 Å². The largest absolute Gasteiger partial charge is 0.482 e. The number of nitrogens with zero attached hydrogens (tertiary/aromatic N) is 2. The van der Waals surface area contributed by atoms with Crippen molar-refractivity contribution >= 4 is 23.5 Å². The lowest BCUT2D eigenvalue weighted by Crippen LogP contribution is -2.42. The minimum Gasteiger partial charge on any atom is -0.482 e. The smallest absolute Gasteiger partial charge is 0.323 e. The van der Waals surface area contributed by atoms with E-state index in [1.54, 1.807) is 23.1 Å². The molecule has 7 nitrogen and oxygen atoms in total. The van der Waals surface area contributed by atoms with Crippen molar-refractivity contribution in [3.05, 3.63) is 23.8 Å². The first-order valence-electron chi connectivity index (χ1n) is 7.64. The van der Waals surface area contributed by atoms with Crippen LogP contribution in [0.25, 0.3) is 0 Å². The Bertz CT molecular complexity index is 652. The minimum absolute atomic E-state index is 0.0965. The Morgan fingerprint density at radius 3 is 2.61 bits per heavy atom. The molecule has 0 aromatic heterocycles. The summed E-state index contributed by atoms with van der Waals surface area (Å²) < 4.78 is 5.32. The third kappa shape index (κ3) is 3.13. The highest BCUT2D eigenvalue weighted by molar-refractivity contribution is 6.03. The van der Waals surface area contributed by atoms with Gasteiger partial charge < -0.3 is 14.7 Å². The highest BCUT2D eigenvalue weighted by Gasteiger charge is 2.29. The maximum absolute atomic E-state index is 12.6. The van der Waals surface area contributed by atoms with Crippen molar-refractivity contribution < 1.29 is 24.2 Å². The first-order chi connectivity index (χ1) is 11.1. The van der Waals surface area contributed by atoms with Crippen molar-refractivity contribution in [1.29, 1.82) is 0 Å². The zero-order valence-electron chi connectivity index (χ0n) is 12.7. The van der Waals surface area contributed by atoms with E-state index in [2.05, 4.69) is 0 Å². The first-order valence-corrected chi connectivity index (χ1v) is 7.64. The van der Waals surface area contributed by atoms with E-state index in [0.717, 1.165) is 37.3 Å². The van der Waals surface area contributed by atoms with E-state index in [0.29, 0.717) is 17.0 Å². The van der Waals surface area contributed by atoms with Crippen LogP contribution in [0.1, 0.15) is 29.6 Å². The molecule has 7 heteroatoms. The maximum atomic E-state index is 12.6. The number of carboxylic acids is 1. The van der Waals surface area contributed by atoms with Crippen LogP contribution in [-0.4, -0.2) is 54.0 Å². The highest BCUT2D eigenvalue weighted by Crippen LogP contribution is 2.33. The summed E-state index contributed by atoms with van der Waals surface area (Å²) in [7, 11) is 0. The molecule has 2 amide bonds. The van der Waals surface area contributed by atoms with Gasteiger partial charge in [-0.3, -0.25) is 19.3 Å². The van der Waals surface area contributed by atoms with Crippen molar-refractivity contribution in [1.82, 2.24) is 4.90 Å². The summed E-state index contributed by atoms with van der Waals surface area (Å²) in [4.78, 5) is 38.4. The fourth-order valence-electron chi connectivity index (χ4n) is 2.92. The predicted molar refractivity (Wildman–Crippen MR) is 81.7 cm³/mol. The number of hydrogen-bond acceptors (Lipinski definition) is 4. The van der Waals surface area contributed by atoms with Gasteiger partial charge in [-0.05, 0) is 37.5 Å². The molecule has 23 heavy (non-hydrogen) atoms. The van der Waals surface area contributed by atoms with Gasteiger partial charge in [0.25, 0.3) is 11.8 Å². The van der Waals surface area contributed by atoms with E-state index >= 15 is 0 Å². The van der Waals surface area contributed by atoms with E-state index in [1.165, 1.54) is 0 Å². The van der Waals surface area contributed by atoms with Crippen LogP contribution in [0, 0.1) is 0 Å². The molecule has 2 aliphatic rings. The van der Waals surface area contributed by atoms with Gasteiger partial charge in [0.1, 0.15) is 12.3 Å². The Labute approximate surface area is 133 Å². The van der Waals surface area contributed by atoms with Crippen LogP contribution in [-0.2, 0) is 9.59 Å². The van der Waals surface area contributed by atoms with Crippen LogP contribution in [0.5, 0.6) is 5.75 Å². The van der Waals surface area contributed by atoms with Gasteiger partial charge in [0.2, 0.25) is 0 Å². The molecule has 0 spiro atoms. The van der Waals surface area contributed by atoms with Gasteiger partial charge in [0, 0.05) is 18.7 Å². The number of fused-ring (bicyclic) bond motifs is 1. The van der Waals surface area contributed by atoms with Gasteiger partial charge in [-0.25, -0.2) is 0 Å². The van der Waals surface area contributed by atoms with Crippen LogP contribution >= 0.6 is 0 Å². The first kappa shape index (κ1) is 15.3. The lowest BCUT2D eigenvalue weighted by Gasteiger charge is -2.30. The highest BCUT2D eigenvalue weighted by atomic mass is 16.5. The standard InChI is InChI=1S/C16H18N2O5/c19-14-10-23-13-5-4-11(8-12(13)18(14)9-15(20)21)16(22)17-6-2-1-3-7-17/h4-5,8H,1-3,6-7,9-10H2,(H,20,21). The summed E-state index contributed by atoms with van der Waals surface area (Å²) in [5.74, 6) is -1.22. The number of ether oxygens (including phenoxy) is 1. The lowest BCUT2D eigenvalue weighted by molar-refractivity contribution is -0.137. The quantitative estimate of drug-likeness (QED) is 0.902. The summed E-state index contributed by atoms with van der Waals surface area (Å²) in [5, 5.41) is 8.98. The molecule has 1 aromatic carbocycles. The van der Waals surface area contributed by atoms with Crippen LogP contribution in [0.3, 0.4) is 0 Å². The number of anilines is 1. The van der Waals surface area contributed by atoms with Crippen molar-refractivity contribution in [2.45, 2.75) is 19.3 Å². The Morgan fingerprint density at radius 1 is 1.17 bits per heavy atom. The topological polar surface area (TPSA) is 87.1 Å². The number of amides is 2. The molecule has 1 saturated heterocycles. The molecule has 122 valence electrons. The zero-order chi connectivity index (χ0) is 16.4. The fraction of sp³-hybridized carbons (Fsp3) is 0.438. The molecular weight excluding hydrogens is 300 g/mol. The Kier molecular flexibility index (Phi) is 4.18. The molecule has 0 saturated carbocycles. The minimum atomic E-state index is -1.11. The monoisotopic (exact) mass is 318 g/mol. The molecule has 1 N–H and O–H groups in total. The van der Waals surface area contributed by atoms with Crippen LogP contribution < -0.4 is 9.64 Å². The van der Waals surface area contributed by atoms with Gasteiger partial charge in [-0.2, -0.15) is 0 Å². The van der Waals surface area contributed by atoms with Gasteiger partial charge in [0.15, 0.2) is 6.61 Å². The number of hydrogen-bond donors (Lipinski definition) is 1. The molecule has 1 aromatic rings. The molecular formula is C16H18N2O5. The maximum Gasteiger partial charge on any atom is 0.323 e. The summed E-state index contributed by atoms with van der Waals surface area (Å²) in [6.45, 7) is 0.810. The number of likely N-dealkylation sites (tertiary alicyclic amines) is 1. The number of aliphatic carboxylic acids is 1. The molecule has 3 rings (SSSR count). The summed E-state index contributed by atoms with van der Waals surface area (Å²) in [5.41, 5.74) is 0.783. The molecule has 0 aliphatic carbocycles. The Morgan fingerprint density at radius 2 is 1.91 bits per heavy atom. The summed E-state index contributed by atoms with van der Waals surface area (Å²) in [6, 6.07) is 4.82. The number of carboxylic acid groups (broad SMARTS) is 1. The third-order valence-electron chi connectivity index (χ3n) is 4.09. The number of carbonyl (C=O) groups excluding carboxylic acids is 2. The number of carbonyl (C=O) groups is 3. The zero-order valence-corrected chi connectivity index (χ0v) is 12.7. The van der Waals surface area contributed by atoms with Crippen molar-refractivity contribution in [2.75, 3.05) is 31.1 Å². The molecule has 0 atom stereocenters. The number of rotatable bonds is 3. The van der Waals surface area contributed by atoms with Gasteiger partial charge >= 0.3 is 5.97 Å². The fourth-order valence-corrected chi connectivity index (χ4v) is 2.92. The average Bonchev–Trinajstić information content (AvgIpc) is 2.57. The molecule has 0 bridgehead atoms. The normalized spacial score (nSPS) is 17.5. The predicted octanol–water partition coefficient (Wildman–Crippen LogP) is 1.12. The molecule has 0 radical (unpaired) electrons. The summed E-state index contributed by atoms with van der Waals surface area (Å²) in [6.07, 6.45) is 3.11. The second-order valence-electron chi connectivity index (χ2n) is 5.70. The van der Waals surface area contributed by atoms with Gasteiger partial charge in [-0.1, -0.05) is 0 Å². The molecule has 0 unspecified atom stereocenters. The number of piperidine rings is 1. The third-order valence-corrected chi connectivity index (χ3v) is 4.09. The molecule has 2 aliphatic heterocycles. The lowest BCUT2D eigenvalue weighted by atomic mass is 10.1. The average molecular weight is 318 g/mol. The van der Waals surface area contributed by atoms with Crippen molar-refractivity contribution in [3.63, 3.8) is 0 Å². The van der Waals surface area contributed by atoms with Crippen LogP contribution in [0.2, 0.25) is 0 Å². The van der Waals surface area contributed by atoms with Crippen molar-refractivity contribution in [2.24, 2.45) is 0 Å². The second kappa shape index (κ2) is 6.28. The second-order valence-corrected chi connectivity index (χ2v) is 5.70. The van der Waals surface area contributed by atoms with Crippen LogP contribution in [0.15, 0.2) is 18.2 Å². The van der Waals surface area contributed by atoms with E-state index in [4.69, 9.17) is 9.84 Å². The summed E-state index contributed by atoms with van der Waals surface area (Å²) >= 11 is 0.